The molecule has 0 bridgehead atoms. The second-order valence-corrected chi connectivity index (χ2v) is 10.4. The fraction of sp³-hybridized carbons (Fsp3) is 0.185. The van der Waals surface area contributed by atoms with Crippen LogP contribution in [-0.2, 0) is 4.79 Å². The highest BCUT2D eigenvalue weighted by molar-refractivity contribution is 9.10. The van der Waals surface area contributed by atoms with Crippen molar-refractivity contribution in [3.8, 4) is 5.75 Å². The zero-order valence-electron chi connectivity index (χ0n) is 20.9. The molecule has 0 aliphatic rings. The molecule has 1 amide bonds. The van der Waals surface area contributed by atoms with Crippen molar-refractivity contribution in [2.75, 3.05) is 11.9 Å². The number of aromatic nitrogens is 2. The lowest BCUT2D eigenvalue weighted by Gasteiger charge is -2.14. The van der Waals surface area contributed by atoms with Crippen LogP contribution in [-0.4, -0.2) is 33.3 Å². The van der Waals surface area contributed by atoms with Gasteiger partial charge in [-0.25, -0.2) is 4.98 Å². The minimum atomic E-state index is -0.613. The maximum atomic E-state index is 13.4. The maximum absolute atomic E-state index is 13.4. The van der Waals surface area contributed by atoms with E-state index >= 15 is 0 Å². The number of nitro groups is 1. The van der Waals surface area contributed by atoms with E-state index in [2.05, 4.69) is 47.3 Å². The number of para-hydroxylation sites is 1. The normalized spacial score (nSPS) is 12.0. The average molecular weight is 657 g/mol. The van der Waals surface area contributed by atoms with E-state index in [1.165, 1.54) is 17.0 Å². The molecule has 4 aromatic rings. The summed E-state index contributed by atoms with van der Waals surface area (Å²) in [6.45, 7) is 3.42. The minimum absolute atomic E-state index is 0.0999. The Balaban J connectivity index is 1.76. The molecule has 1 aromatic heterocycles. The van der Waals surface area contributed by atoms with Crippen LogP contribution in [0.4, 0.5) is 11.4 Å². The smallest absolute Gasteiger partial charge is 0.312 e. The zero-order chi connectivity index (χ0) is 28.1. The van der Waals surface area contributed by atoms with Gasteiger partial charge in [0, 0.05) is 32.2 Å². The number of nitrogens with zero attached hydrogens (tertiary/aromatic N) is 4. The summed E-state index contributed by atoms with van der Waals surface area (Å²) < 4.78 is 7.95. The molecule has 200 valence electrons. The number of hydrogen-bond donors (Lipinski definition) is 1. The Morgan fingerprint density at radius 2 is 1.92 bits per heavy atom. The van der Waals surface area contributed by atoms with Gasteiger partial charge in [-0.3, -0.25) is 19.7 Å². The molecule has 0 unspecified atom stereocenters. The highest BCUT2D eigenvalue weighted by atomic mass is 79.9. The molecule has 1 N–H and O–H groups in total. The summed E-state index contributed by atoms with van der Waals surface area (Å²) in [6.07, 6.45) is 2.00. The molecule has 4 rings (SSSR count). The molecule has 39 heavy (non-hydrogen) atoms. The summed E-state index contributed by atoms with van der Waals surface area (Å²) in [6, 6.07) is 16.8. The number of ether oxygens (including phenoxy) is 1. The van der Waals surface area contributed by atoms with Crippen molar-refractivity contribution in [3.05, 3.63) is 101 Å². The van der Waals surface area contributed by atoms with E-state index in [1.807, 2.05) is 19.9 Å². The molecule has 0 aliphatic heterocycles. The summed E-state index contributed by atoms with van der Waals surface area (Å²) in [7, 11) is 0. The number of fused-ring (bicyclic) bond motifs is 1. The minimum Gasteiger partial charge on any atom is -0.476 e. The number of carbonyl (C=O) groups excluding carboxylic acids is 1. The van der Waals surface area contributed by atoms with Crippen LogP contribution < -0.4 is 15.6 Å². The first-order chi connectivity index (χ1) is 18.7. The number of rotatable bonds is 9. The Labute approximate surface area is 240 Å². The summed E-state index contributed by atoms with van der Waals surface area (Å²) in [5.74, 6) is -0.314. The van der Waals surface area contributed by atoms with Crippen LogP contribution in [0.5, 0.6) is 5.75 Å². The van der Waals surface area contributed by atoms with E-state index in [9.17, 15) is 19.7 Å². The van der Waals surface area contributed by atoms with Gasteiger partial charge in [0.2, 0.25) is 5.75 Å². The third-order valence-electron chi connectivity index (χ3n) is 5.86. The Bertz CT molecular complexity index is 1640. The molecule has 0 radical (unpaired) electrons. The molecule has 0 saturated carbocycles. The van der Waals surface area contributed by atoms with Crippen LogP contribution in [0.15, 0.2) is 79.5 Å². The molecule has 3 aromatic carbocycles. The molecule has 12 heteroatoms. The van der Waals surface area contributed by atoms with Gasteiger partial charge in [-0.15, -0.1) is 0 Å². The molecule has 0 fully saturated rings. The van der Waals surface area contributed by atoms with Crippen LogP contribution >= 0.6 is 31.9 Å². The number of hydrogen-bond acceptors (Lipinski definition) is 7. The predicted octanol–water partition coefficient (Wildman–Crippen LogP) is 6.24. The highest BCUT2D eigenvalue weighted by Gasteiger charge is 2.22. The van der Waals surface area contributed by atoms with E-state index in [0.29, 0.717) is 37.8 Å². The van der Waals surface area contributed by atoms with Crippen LogP contribution in [0.1, 0.15) is 37.6 Å². The fourth-order valence-corrected chi connectivity index (χ4v) is 4.57. The van der Waals surface area contributed by atoms with Crippen LogP contribution in [0.2, 0.25) is 0 Å². The number of nitrogens with one attached hydrogen (secondary N) is 1. The number of nitro benzene ring substituents is 1. The molecule has 1 heterocycles. The maximum Gasteiger partial charge on any atom is 0.312 e. The van der Waals surface area contributed by atoms with Gasteiger partial charge in [0.25, 0.3) is 11.5 Å². The Morgan fingerprint density at radius 1 is 1.18 bits per heavy atom. The quantitative estimate of drug-likeness (QED) is 0.129. The van der Waals surface area contributed by atoms with Crippen molar-refractivity contribution >= 4 is 66.3 Å². The Kier molecular flexibility index (Phi) is 8.87. The topological polar surface area (TPSA) is 129 Å². The first-order valence-corrected chi connectivity index (χ1v) is 13.5. The standard InChI is InChI=1S/C27H23Br2N5O5/c1-3-16(2)26-32-22-10-9-18(28)12-21(22)27(36)33(26)30-14-17-11-19(29)13-23(34(37)38)25(17)39-15-24(35)31-20-7-5-4-6-8-20/h4-14,16H,3,15H2,1-2H3,(H,31,35)/t16-/m0/s1. The predicted molar refractivity (Wildman–Crippen MR) is 157 cm³/mol. The van der Waals surface area contributed by atoms with Gasteiger partial charge in [0.1, 0.15) is 5.82 Å². The van der Waals surface area contributed by atoms with E-state index in [1.54, 1.807) is 48.5 Å². The molecule has 0 saturated heterocycles. The van der Waals surface area contributed by atoms with Gasteiger partial charge in [-0.1, -0.05) is 63.9 Å². The van der Waals surface area contributed by atoms with Crippen molar-refractivity contribution in [1.82, 2.24) is 9.66 Å². The van der Waals surface area contributed by atoms with Crippen LogP contribution in [0.25, 0.3) is 10.9 Å². The fourth-order valence-electron chi connectivity index (χ4n) is 3.74. The van der Waals surface area contributed by atoms with Gasteiger partial charge >= 0.3 is 5.69 Å². The van der Waals surface area contributed by atoms with Crippen molar-refractivity contribution < 1.29 is 14.5 Å². The van der Waals surface area contributed by atoms with Gasteiger partial charge in [-0.05, 0) is 42.8 Å². The molecule has 0 spiro atoms. The largest absolute Gasteiger partial charge is 0.476 e. The van der Waals surface area contributed by atoms with Crippen molar-refractivity contribution in [1.29, 1.82) is 0 Å². The monoisotopic (exact) mass is 655 g/mol. The number of amides is 1. The lowest BCUT2D eigenvalue weighted by atomic mass is 10.1. The second kappa shape index (κ2) is 12.3. The third kappa shape index (κ3) is 6.58. The molecular formula is C27H23Br2N5O5. The lowest BCUT2D eigenvalue weighted by Crippen LogP contribution is -2.24. The number of halogens is 2. The van der Waals surface area contributed by atoms with Gasteiger partial charge in [0.05, 0.1) is 22.0 Å². The van der Waals surface area contributed by atoms with Crippen molar-refractivity contribution in [2.24, 2.45) is 5.10 Å². The van der Waals surface area contributed by atoms with Gasteiger partial charge in [0.15, 0.2) is 6.61 Å². The number of benzene rings is 3. The molecule has 1 atom stereocenters. The molecule has 0 aliphatic carbocycles. The Hall–Kier alpha value is -3.90. The number of carbonyl (C=O) groups is 1. The third-order valence-corrected chi connectivity index (χ3v) is 6.81. The summed E-state index contributed by atoms with van der Waals surface area (Å²) in [5, 5.41) is 19.3. The Morgan fingerprint density at radius 3 is 2.62 bits per heavy atom. The summed E-state index contributed by atoms with van der Waals surface area (Å²) in [5.41, 5.74) is 0.539. The molecule has 10 nitrogen and oxygen atoms in total. The second-order valence-electron chi connectivity index (χ2n) is 8.61. The van der Waals surface area contributed by atoms with Crippen LogP contribution in [0.3, 0.4) is 0 Å². The average Bonchev–Trinajstić information content (AvgIpc) is 2.91. The summed E-state index contributed by atoms with van der Waals surface area (Å²) >= 11 is 6.67. The van der Waals surface area contributed by atoms with Crippen molar-refractivity contribution in [3.63, 3.8) is 0 Å². The van der Waals surface area contributed by atoms with E-state index in [0.717, 1.165) is 0 Å². The first kappa shape index (κ1) is 28.1. The first-order valence-electron chi connectivity index (χ1n) is 11.9. The van der Waals surface area contributed by atoms with E-state index < -0.39 is 17.4 Å². The zero-order valence-corrected chi connectivity index (χ0v) is 24.1. The van der Waals surface area contributed by atoms with Gasteiger partial charge in [-0.2, -0.15) is 9.78 Å². The lowest BCUT2D eigenvalue weighted by molar-refractivity contribution is -0.385. The van der Waals surface area contributed by atoms with Crippen LogP contribution in [0, 0.1) is 10.1 Å². The van der Waals surface area contributed by atoms with E-state index in [-0.39, 0.29) is 28.5 Å². The summed E-state index contributed by atoms with van der Waals surface area (Å²) in [4.78, 5) is 41.8. The SMILES string of the molecule is CC[C@H](C)c1nc2ccc(Br)cc2c(=O)n1N=Cc1cc(Br)cc([N+](=O)[O-])c1OCC(=O)Nc1ccccc1. The number of anilines is 1. The van der Waals surface area contributed by atoms with Gasteiger partial charge < -0.3 is 10.1 Å². The molecular weight excluding hydrogens is 634 g/mol. The van der Waals surface area contributed by atoms with E-state index in [4.69, 9.17) is 4.74 Å². The van der Waals surface area contributed by atoms with Crippen molar-refractivity contribution in [2.45, 2.75) is 26.2 Å². The highest BCUT2D eigenvalue weighted by Crippen LogP contribution is 2.34.